The van der Waals surface area contributed by atoms with Crippen molar-refractivity contribution in [2.24, 2.45) is 0 Å². The summed E-state index contributed by atoms with van der Waals surface area (Å²) in [4.78, 5) is 24.8. The van der Waals surface area contributed by atoms with Crippen LogP contribution in [0, 0.1) is 6.92 Å². The largest absolute Gasteiger partial charge is 0.480 e. The Morgan fingerprint density at radius 1 is 1.14 bits per heavy atom. The Hall–Kier alpha value is -2.33. The van der Waals surface area contributed by atoms with Crippen LogP contribution < -0.4 is 4.90 Å². The average Bonchev–Trinajstić information content (AvgIpc) is 2.45. The number of aryl methyl sites for hydroxylation is 1. The second-order valence-electron chi connectivity index (χ2n) is 4.63. The fourth-order valence-electron chi connectivity index (χ4n) is 1.97. The number of hydrogen-bond donors (Lipinski definition) is 1. The fourth-order valence-corrected chi connectivity index (χ4v) is 2.10. The van der Waals surface area contributed by atoms with Crippen LogP contribution in [0.15, 0.2) is 48.5 Å². The van der Waals surface area contributed by atoms with E-state index in [1.54, 1.807) is 42.5 Å². The summed E-state index contributed by atoms with van der Waals surface area (Å²) in [5, 5.41) is 9.56. The Labute approximate surface area is 127 Å². The van der Waals surface area contributed by atoms with Crippen LogP contribution >= 0.6 is 11.6 Å². The average molecular weight is 304 g/mol. The van der Waals surface area contributed by atoms with Crippen molar-refractivity contribution >= 4 is 29.2 Å². The number of anilines is 1. The number of nitrogens with zero attached hydrogens (tertiary/aromatic N) is 1. The quantitative estimate of drug-likeness (QED) is 0.942. The van der Waals surface area contributed by atoms with Crippen molar-refractivity contribution in [2.75, 3.05) is 11.4 Å². The molecule has 21 heavy (non-hydrogen) atoms. The minimum absolute atomic E-state index is 0.358. The van der Waals surface area contributed by atoms with E-state index in [4.69, 9.17) is 16.7 Å². The van der Waals surface area contributed by atoms with E-state index >= 15 is 0 Å². The number of benzene rings is 2. The van der Waals surface area contributed by atoms with Crippen LogP contribution in [0.1, 0.15) is 15.9 Å². The molecule has 0 aliphatic carbocycles. The number of hydrogen-bond acceptors (Lipinski definition) is 2. The van der Waals surface area contributed by atoms with E-state index in [-0.39, 0.29) is 5.91 Å². The van der Waals surface area contributed by atoms with Gasteiger partial charge in [-0.1, -0.05) is 29.3 Å². The summed E-state index contributed by atoms with van der Waals surface area (Å²) in [6.07, 6.45) is 0. The van der Waals surface area contributed by atoms with E-state index in [2.05, 4.69) is 0 Å². The summed E-state index contributed by atoms with van der Waals surface area (Å²) in [6.45, 7) is 1.47. The molecule has 0 heterocycles. The molecule has 0 unspecified atom stereocenters. The molecule has 0 fully saturated rings. The molecule has 4 nitrogen and oxygen atoms in total. The molecular weight excluding hydrogens is 290 g/mol. The Kier molecular flexibility index (Phi) is 4.60. The maximum Gasteiger partial charge on any atom is 0.323 e. The number of carboxylic acid groups (broad SMARTS) is 1. The molecule has 0 aliphatic heterocycles. The normalized spacial score (nSPS) is 10.2. The highest BCUT2D eigenvalue weighted by molar-refractivity contribution is 6.30. The molecule has 0 saturated carbocycles. The van der Waals surface area contributed by atoms with Crippen molar-refractivity contribution in [1.29, 1.82) is 0 Å². The van der Waals surface area contributed by atoms with E-state index in [1.165, 1.54) is 4.90 Å². The van der Waals surface area contributed by atoms with Gasteiger partial charge < -0.3 is 5.11 Å². The molecule has 5 heteroatoms. The minimum atomic E-state index is -1.08. The summed E-state index contributed by atoms with van der Waals surface area (Å²) in [6, 6.07) is 13.5. The first-order valence-corrected chi connectivity index (χ1v) is 6.71. The van der Waals surface area contributed by atoms with Crippen molar-refractivity contribution in [1.82, 2.24) is 0 Å². The third-order valence-electron chi connectivity index (χ3n) is 2.94. The standard InChI is InChI=1S/C16H14ClNO3/c1-11-3-2-4-12(9-11)16(21)18(10-15(19)20)14-7-5-13(17)6-8-14/h2-9H,10H2,1H3,(H,19,20). The molecule has 2 rings (SSSR count). The molecule has 0 aromatic heterocycles. The van der Waals surface area contributed by atoms with Crippen LogP contribution in [-0.2, 0) is 4.79 Å². The van der Waals surface area contributed by atoms with Gasteiger partial charge in [-0.15, -0.1) is 0 Å². The van der Waals surface area contributed by atoms with Crippen LogP contribution in [0.25, 0.3) is 0 Å². The molecule has 1 amide bonds. The van der Waals surface area contributed by atoms with E-state index in [0.717, 1.165) is 5.56 Å². The third kappa shape index (κ3) is 3.83. The molecule has 0 spiro atoms. The van der Waals surface area contributed by atoms with E-state index in [9.17, 15) is 9.59 Å². The Morgan fingerprint density at radius 2 is 1.81 bits per heavy atom. The van der Waals surface area contributed by atoms with Gasteiger partial charge in [0.25, 0.3) is 5.91 Å². The van der Waals surface area contributed by atoms with Gasteiger partial charge in [0.2, 0.25) is 0 Å². The van der Waals surface area contributed by atoms with Crippen LogP contribution in [-0.4, -0.2) is 23.5 Å². The van der Waals surface area contributed by atoms with Crippen molar-refractivity contribution < 1.29 is 14.7 Å². The molecule has 0 saturated heterocycles. The number of carbonyl (C=O) groups is 2. The SMILES string of the molecule is Cc1cccc(C(=O)N(CC(=O)O)c2ccc(Cl)cc2)c1. The van der Waals surface area contributed by atoms with Gasteiger partial charge in [0, 0.05) is 16.3 Å². The predicted molar refractivity (Wildman–Crippen MR) is 81.9 cm³/mol. The zero-order valence-electron chi connectivity index (χ0n) is 11.4. The molecular formula is C16H14ClNO3. The molecule has 0 bridgehead atoms. The lowest BCUT2D eigenvalue weighted by atomic mass is 10.1. The summed E-state index contributed by atoms with van der Waals surface area (Å²) < 4.78 is 0. The molecule has 108 valence electrons. The van der Waals surface area contributed by atoms with Gasteiger partial charge in [0.1, 0.15) is 6.54 Å². The summed E-state index contributed by atoms with van der Waals surface area (Å²) >= 11 is 5.82. The molecule has 0 radical (unpaired) electrons. The lowest BCUT2D eigenvalue weighted by molar-refractivity contribution is -0.135. The zero-order chi connectivity index (χ0) is 15.4. The highest BCUT2D eigenvalue weighted by Gasteiger charge is 2.20. The first-order valence-electron chi connectivity index (χ1n) is 6.33. The summed E-state index contributed by atoms with van der Waals surface area (Å²) in [5.41, 5.74) is 1.88. The first kappa shape index (κ1) is 15.1. The van der Waals surface area contributed by atoms with Gasteiger partial charge in [0.15, 0.2) is 0 Å². The molecule has 1 N–H and O–H groups in total. The van der Waals surface area contributed by atoms with Gasteiger partial charge in [-0.05, 0) is 43.3 Å². The zero-order valence-corrected chi connectivity index (χ0v) is 12.2. The smallest absolute Gasteiger partial charge is 0.323 e. The van der Waals surface area contributed by atoms with Crippen LogP contribution in [0.3, 0.4) is 0 Å². The number of halogens is 1. The Balaban J connectivity index is 2.38. The van der Waals surface area contributed by atoms with Gasteiger partial charge in [0.05, 0.1) is 0 Å². The highest BCUT2D eigenvalue weighted by Crippen LogP contribution is 2.20. The number of aliphatic carboxylic acids is 1. The molecule has 2 aromatic rings. The van der Waals surface area contributed by atoms with Crippen LogP contribution in [0.2, 0.25) is 5.02 Å². The number of rotatable bonds is 4. The molecule has 0 atom stereocenters. The monoisotopic (exact) mass is 303 g/mol. The summed E-state index contributed by atoms with van der Waals surface area (Å²) in [7, 11) is 0. The minimum Gasteiger partial charge on any atom is -0.480 e. The second-order valence-corrected chi connectivity index (χ2v) is 5.07. The topological polar surface area (TPSA) is 57.6 Å². The third-order valence-corrected chi connectivity index (χ3v) is 3.19. The number of amides is 1. The van der Waals surface area contributed by atoms with Crippen molar-refractivity contribution in [3.63, 3.8) is 0 Å². The second kappa shape index (κ2) is 6.41. The van der Waals surface area contributed by atoms with E-state index in [1.807, 2.05) is 13.0 Å². The van der Waals surface area contributed by atoms with E-state index < -0.39 is 12.5 Å². The number of carboxylic acids is 1. The van der Waals surface area contributed by atoms with Gasteiger partial charge in [-0.25, -0.2) is 0 Å². The van der Waals surface area contributed by atoms with Crippen molar-refractivity contribution in [2.45, 2.75) is 6.92 Å². The fraction of sp³-hybridized carbons (Fsp3) is 0.125. The van der Waals surface area contributed by atoms with Gasteiger partial charge in [-0.2, -0.15) is 0 Å². The maximum absolute atomic E-state index is 12.5. The van der Waals surface area contributed by atoms with Crippen molar-refractivity contribution in [3.8, 4) is 0 Å². The van der Waals surface area contributed by atoms with Gasteiger partial charge in [-0.3, -0.25) is 14.5 Å². The lowest BCUT2D eigenvalue weighted by Crippen LogP contribution is -2.35. The Morgan fingerprint density at radius 3 is 2.38 bits per heavy atom. The summed E-state index contributed by atoms with van der Waals surface area (Å²) in [5.74, 6) is -1.44. The van der Waals surface area contributed by atoms with Crippen LogP contribution in [0.5, 0.6) is 0 Å². The number of carbonyl (C=O) groups excluding carboxylic acids is 1. The van der Waals surface area contributed by atoms with E-state index in [0.29, 0.717) is 16.3 Å². The first-order chi connectivity index (χ1) is 9.97. The molecule has 2 aromatic carbocycles. The van der Waals surface area contributed by atoms with Gasteiger partial charge >= 0.3 is 5.97 Å². The maximum atomic E-state index is 12.5. The van der Waals surface area contributed by atoms with Crippen molar-refractivity contribution in [3.05, 3.63) is 64.7 Å². The molecule has 0 aliphatic rings. The predicted octanol–water partition coefficient (Wildman–Crippen LogP) is 3.38. The Bertz CT molecular complexity index is 667. The highest BCUT2D eigenvalue weighted by atomic mass is 35.5. The lowest BCUT2D eigenvalue weighted by Gasteiger charge is -2.21. The van der Waals surface area contributed by atoms with Crippen LogP contribution in [0.4, 0.5) is 5.69 Å².